The Labute approximate surface area is 129 Å². The van der Waals surface area contributed by atoms with Crippen LogP contribution < -0.4 is 14.8 Å². The summed E-state index contributed by atoms with van der Waals surface area (Å²) in [6.07, 6.45) is 0.912. The van der Waals surface area contributed by atoms with Crippen molar-refractivity contribution in [2.45, 2.75) is 0 Å². The summed E-state index contributed by atoms with van der Waals surface area (Å²) < 4.78 is 28.8. The molecule has 2 aromatic rings. The number of hydrogen-bond acceptors (Lipinski definition) is 5. The van der Waals surface area contributed by atoms with E-state index in [4.69, 9.17) is 4.74 Å². The fourth-order valence-corrected chi connectivity index (χ4v) is 2.18. The average Bonchev–Trinajstić information content (AvgIpc) is 2.46. The van der Waals surface area contributed by atoms with Gasteiger partial charge in [-0.2, -0.15) is 0 Å². The normalized spacial score (nSPS) is 10.8. The molecule has 2 aromatic carbocycles. The van der Waals surface area contributed by atoms with Crippen molar-refractivity contribution < 1.29 is 17.9 Å². The molecule has 7 heteroatoms. The van der Waals surface area contributed by atoms with Crippen molar-refractivity contribution in [1.82, 2.24) is 4.72 Å². The van der Waals surface area contributed by atoms with Gasteiger partial charge in [-0.05, 0) is 36.4 Å². The third kappa shape index (κ3) is 5.45. The van der Waals surface area contributed by atoms with Crippen molar-refractivity contribution in [3.05, 3.63) is 54.6 Å². The summed E-state index contributed by atoms with van der Waals surface area (Å²) in [5.74, 6) is -0.240. The zero-order valence-corrected chi connectivity index (χ0v) is 12.8. The predicted molar refractivity (Wildman–Crippen MR) is 84.6 cm³/mol. The van der Waals surface area contributed by atoms with Gasteiger partial charge in [0.15, 0.2) is 6.61 Å². The van der Waals surface area contributed by atoms with Crippen LogP contribution in [0.4, 0.5) is 11.4 Å². The van der Waals surface area contributed by atoms with Crippen molar-refractivity contribution in [2.75, 3.05) is 18.2 Å². The van der Waals surface area contributed by atoms with Crippen molar-refractivity contribution in [3.8, 4) is 5.75 Å². The molecule has 2 N–H and O–H groups in total. The van der Waals surface area contributed by atoms with Crippen LogP contribution in [-0.4, -0.2) is 27.2 Å². The average molecular weight is 320 g/mol. The summed E-state index contributed by atoms with van der Waals surface area (Å²) >= 11 is 0. The van der Waals surface area contributed by atoms with E-state index in [1.54, 1.807) is 24.3 Å². The van der Waals surface area contributed by atoms with Crippen LogP contribution in [0.15, 0.2) is 54.6 Å². The van der Waals surface area contributed by atoms with E-state index in [0.717, 1.165) is 17.6 Å². The minimum Gasteiger partial charge on any atom is -0.484 e. The van der Waals surface area contributed by atoms with Gasteiger partial charge >= 0.3 is 0 Å². The lowest BCUT2D eigenvalue weighted by Crippen LogP contribution is -2.33. The number of benzene rings is 2. The Bertz CT molecular complexity index is 728. The maximum atomic E-state index is 11.3. The highest BCUT2D eigenvalue weighted by Gasteiger charge is 2.08. The molecule has 0 heterocycles. The van der Waals surface area contributed by atoms with Crippen LogP contribution in [0, 0.1) is 0 Å². The first kappa shape index (κ1) is 15.8. The molecule has 0 spiro atoms. The van der Waals surface area contributed by atoms with Crippen LogP contribution in [0.5, 0.6) is 5.75 Å². The molecule has 2 rings (SSSR count). The Hall–Kier alpha value is -2.54. The number of carbonyl (C=O) groups excluding carboxylic acids is 1. The number of nitrogens with one attached hydrogen (secondary N) is 2. The topological polar surface area (TPSA) is 84.5 Å². The third-order valence-corrected chi connectivity index (χ3v) is 3.18. The van der Waals surface area contributed by atoms with Gasteiger partial charge in [0.25, 0.3) is 5.91 Å². The van der Waals surface area contributed by atoms with Gasteiger partial charge in [-0.3, -0.25) is 9.52 Å². The van der Waals surface area contributed by atoms with E-state index in [9.17, 15) is 13.2 Å². The molecule has 0 saturated heterocycles. The number of amides is 1. The summed E-state index contributed by atoms with van der Waals surface area (Å²) in [6.45, 7) is -0.363. The molecule has 0 aliphatic heterocycles. The molecule has 0 aromatic heterocycles. The molecule has 0 bridgehead atoms. The van der Waals surface area contributed by atoms with E-state index in [0.29, 0.717) is 5.75 Å². The SMILES string of the molecule is CS(=O)(=O)NC(=O)COc1ccc(Nc2ccccc2)cc1. The maximum Gasteiger partial charge on any atom is 0.271 e. The Morgan fingerprint density at radius 1 is 1.00 bits per heavy atom. The number of rotatable bonds is 6. The number of para-hydroxylation sites is 1. The van der Waals surface area contributed by atoms with E-state index < -0.39 is 15.9 Å². The maximum absolute atomic E-state index is 11.3. The summed E-state index contributed by atoms with van der Waals surface area (Å²) in [6, 6.07) is 16.7. The lowest BCUT2D eigenvalue weighted by Gasteiger charge is -2.09. The van der Waals surface area contributed by atoms with Crippen LogP contribution >= 0.6 is 0 Å². The summed E-state index contributed by atoms with van der Waals surface area (Å²) in [7, 11) is -3.56. The van der Waals surface area contributed by atoms with E-state index >= 15 is 0 Å². The lowest BCUT2D eigenvalue weighted by molar-refractivity contribution is -0.121. The fourth-order valence-electron chi connectivity index (χ4n) is 1.71. The first-order chi connectivity index (χ1) is 10.4. The highest BCUT2D eigenvalue weighted by Crippen LogP contribution is 2.19. The molecule has 0 radical (unpaired) electrons. The van der Waals surface area contributed by atoms with E-state index in [2.05, 4.69) is 5.32 Å². The second-order valence-corrected chi connectivity index (χ2v) is 6.35. The standard InChI is InChI=1S/C15H16N2O4S/c1-22(19,20)17-15(18)11-21-14-9-7-13(8-10-14)16-12-5-3-2-4-6-12/h2-10,16H,11H2,1H3,(H,17,18). The summed E-state index contributed by atoms with van der Waals surface area (Å²) in [5, 5.41) is 3.21. The zero-order chi connectivity index (χ0) is 16.0. The van der Waals surface area contributed by atoms with Crippen LogP contribution in [0.1, 0.15) is 0 Å². The smallest absolute Gasteiger partial charge is 0.271 e. The molecule has 0 unspecified atom stereocenters. The molecule has 0 fully saturated rings. The second kappa shape index (κ2) is 6.95. The number of anilines is 2. The van der Waals surface area contributed by atoms with Gasteiger partial charge in [0, 0.05) is 11.4 Å². The monoisotopic (exact) mass is 320 g/mol. The largest absolute Gasteiger partial charge is 0.484 e. The molecule has 0 aliphatic carbocycles. The Kier molecular flexibility index (Phi) is 5.00. The van der Waals surface area contributed by atoms with E-state index in [-0.39, 0.29) is 6.61 Å². The van der Waals surface area contributed by atoms with E-state index in [1.165, 1.54) is 0 Å². The van der Waals surface area contributed by atoms with Gasteiger partial charge in [0.05, 0.1) is 6.26 Å². The van der Waals surface area contributed by atoms with Gasteiger partial charge in [0.1, 0.15) is 5.75 Å². The molecule has 0 atom stereocenters. The number of ether oxygens (including phenoxy) is 1. The Morgan fingerprint density at radius 2 is 1.59 bits per heavy atom. The van der Waals surface area contributed by atoms with Crippen molar-refractivity contribution in [3.63, 3.8) is 0 Å². The third-order valence-electron chi connectivity index (χ3n) is 2.59. The molecule has 116 valence electrons. The summed E-state index contributed by atoms with van der Waals surface area (Å²) in [4.78, 5) is 11.3. The van der Waals surface area contributed by atoms with Crippen LogP contribution in [0.3, 0.4) is 0 Å². The van der Waals surface area contributed by atoms with Gasteiger partial charge in [-0.1, -0.05) is 18.2 Å². The fraction of sp³-hybridized carbons (Fsp3) is 0.133. The van der Waals surface area contributed by atoms with Crippen molar-refractivity contribution in [1.29, 1.82) is 0 Å². The predicted octanol–water partition coefficient (Wildman–Crippen LogP) is 1.88. The number of hydrogen-bond donors (Lipinski definition) is 2. The molecule has 0 saturated carbocycles. The molecule has 1 amide bonds. The van der Waals surface area contributed by atoms with Crippen LogP contribution in [0.25, 0.3) is 0 Å². The quantitative estimate of drug-likeness (QED) is 0.849. The Morgan fingerprint density at radius 3 is 2.18 bits per heavy atom. The lowest BCUT2D eigenvalue weighted by atomic mass is 10.2. The highest BCUT2D eigenvalue weighted by atomic mass is 32.2. The second-order valence-electron chi connectivity index (χ2n) is 4.60. The van der Waals surface area contributed by atoms with Crippen molar-refractivity contribution in [2.24, 2.45) is 0 Å². The van der Waals surface area contributed by atoms with Gasteiger partial charge in [-0.25, -0.2) is 8.42 Å². The minimum absolute atomic E-state index is 0.363. The molecule has 6 nitrogen and oxygen atoms in total. The minimum atomic E-state index is -3.56. The zero-order valence-electron chi connectivity index (χ0n) is 11.9. The molecule has 22 heavy (non-hydrogen) atoms. The van der Waals surface area contributed by atoms with Crippen molar-refractivity contribution >= 4 is 27.3 Å². The highest BCUT2D eigenvalue weighted by molar-refractivity contribution is 7.89. The van der Waals surface area contributed by atoms with Gasteiger partial charge in [-0.15, -0.1) is 0 Å². The van der Waals surface area contributed by atoms with Gasteiger partial charge < -0.3 is 10.1 Å². The van der Waals surface area contributed by atoms with Crippen LogP contribution in [-0.2, 0) is 14.8 Å². The molecule has 0 aliphatic rings. The summed E-state index contributed by atoms with van der Waals surface area (Å²) in [5.41, 5.74) is 1.84. The molecular formula is C15H16N2O4S. The first-order valence-corrected chi connectivity index (χ1v) is 8.37. The van der Waals surface area contributed by atoms with Gasteiger partial charge in [0.2, 0.25) is 10.0 Å². The van der Waals surface area contributed by atoms with Crippen LogP contribution in [0.2, 0.25) is 0 Å². The first-order valence-electron chi connectivity index (χ1n) is 6.48. The molecular weight excluding hydrogens is 304 g/mol. The number of sulfonamides is 1. The number of carbonyl (C=O) groups is 1. The Balaban J connectivity index is 1.88. The van der Waals surface area contributed by atoms with E-state index in [1.807, 2.05) is 35.1 Å².